The van der Waals surface area contributed by atoms with Crippen molar-refractivity contribution < 1.29 is 23.8 Å². The molecule has 2 amide bonds. The summed E-state index contributed by atoms with van der Waals surface area (Å²) >= 11 is 0. The van der Waals surface area contributed by atoms with Gasteiger partial charge in [0.05, 0.1) is 30.5 Å². The molecule has 1 aliphatic heterocycles. The van der Waals surface area contributed by atoms with Gasteiger partial charge in [-0.05, 0) is 42.8 Å². The summed E-state index contributed by atoms with van der Waals surface area (Å²) in [5.74, 6) is -1.73. The fraction of sp³-hybridized carbons (Fsp3) is 0.278. The number of aromatic nitrogens is 1. The van der Waals surface area contributed by atoms with Gasteiger partial charge in [-0.1, -0.05) is 0 Å². The second-order valence-corrected chi connectivity index (χ2v) is 6.08. The maximum absolute atomic E-state index is 14.6. The van der Waals surface area contributed by atoms with E-state index in [1.165, 1.54) is 17.2 Å². The van der Waals surface area contributed by atoms with Gasteiger partial charge in [-0.25, -0.2) is 9.18 Å². The first-order valence-corrected chi connectivity index (χ1v) is 8.04. The summed E-state index contributed by atoms with van der Waals surface area (Å²) in [4.78, 5) is 28.6. The molecule has 1 aromatic heterocycles. The number of cyclic esters (lactones) is 1. The molecule has 8 heteroatoms. The highest BCUT2D eigenvalue weighted by atomic mass is 19.1. The number of nitrogens with zero attached hydrogens (tertiary/aromatic N) is 2. The second kappa shape index (κ2) is 7.09. The van der Waals surface area contributed by atoms with Crippen molar-refractivity contribution in [1.29, 1.82) is 0 Å². The van der Waals surface area contributed by atoms with Crippen LogP contribution in [0.1, 0.15) is 12.6 Å². The molecule has 3 rings (SSSR count). The number of aliphatic hydroxyl groups excluding tert-OH is 1. The lowest BCUT2D eigenvalue weighted by Crippen LogP contribution is -2.34. The third-order valence-corrected chi connectivity index (χ3v) is 4.40. The lowest BCUT2D eigenvalue weighted by Gasteiger charge is -2.16. The predicted molar refractivity (Wildman–Crippen MR) is 91.5 cm³/mol. The summed E-state index contributed by atoms with van der Waals surface area (Å²) < 4.78 is 19.8. The molecule has 2 aromatic rings. The maximum atomic E-state index is 14.6. The molecule has 3 N–H and O–H groups in total. The average molecular weight is 359 g/mol. The van der Waals surface area contributed by atoms with Gasteiger partial charge in [0.15, 0.2) is 0 Å². The number of hydrogen-bond acceptors (Lipinski definition) is 5. The van der Waals surface area contributed by atoms with Crippen molar-refractivity contribution in [1.82, 2.24) is 4.98 Å². The number of rotatable bonds is 5. The van der Waals surface area contributed by atoms with Crippen LogP contribution in [0.5, 0.6) is 0 Å². The highest BCUT2D eigenvalue weighted by Crippen LogP contribution is 2.30. The van der Waals surface area contributed by atoms with E-state index in [4.69, 9.17) is 15.6 Å². The fourth-order valence-electron chi connectivity index (χ4n) is 2.78. The van der Waals surface area contributed by atoms with Gasteiger partial charge in [0.1, 0.15) is 11.9 Å². The first kappa shape index (κ1) is 17.8. The van der Waals surface area contributed by atoms with E-state index in [0.717, 1.165) is 0 Å². The number of benzene rings is 1. The third kappa shape index (κ3) is 3.36. The van der Waals surface area contributed by atoms with E-state index < -0.39 is 29.8 Å². The van der Waals surface area contributed by atoms with Gasteiger partial charge in [0.2, 0.25) is 5.91 Å². The molecule has 1 fully saturated rings. The Morgan fingerprint density at radius 2 is 2.23 bits per heavy atom. The molecule has 1 aromatic carbocycles. The summed E-state index contributed by atoms with van der Waals surface area (Å²) in [6.07, 6.45) is 0.166. The molecule has 1 aliphatic rings. The van der Waals surface area contributed by atoms with Crippen LogP contribution in [-0.4, -0.2) is 34.7 Å². The quantitative estimate of drug-likeness (QED) is 0.847. The molecular weight excluding hydrogens is 341 g/mol. The zero-order valence-electron chi connectivity index (χ0n) is 14.1. The number of carbonyl (C=O) groups is 2. The number of aliphatic hydroxyl groups is 1. The number of carbonyl (C=O) groups excluding carboxylic acids is 2. The minimum absolute atomic E-state index is 0.117. The molecule has 0 saturated carbocycles. The number of nitrogens with two attached hydrogens (primary N) is 1. The monoisotopic (exact) mass is 359 g/mol. The van der Waals surface area contributed by atoms with Crippen LogP contribution >= 0.6 is 0 Å². The van der Waals surface area contributed by atoms with E-state index >= 15 is 0 Å². The molecule has 2 atom stereocenters. The summed E-state index contributed by atoms with van der Waals surface area (Å²) in [6, 6.07) is 7.58. The van der Waals surface area contributed by atoms with Gasteiger partial charge in [-0.15, -0.1) is 0 Å². The van der Waals surface area contributed by atoms with E-state index in [-0.39, 0.29) is 13.2 Å². The smallest absolute Gasteiger partial charge is 0.414 e. The number of pyridine rings is 1. The molecule has 0 bridgehead atoms. The first-order valence-electron chi connectivity index (χ1n) is 8.04. The minimum atomic E-state index is -0.671. The molecule has 0 radical (unpaired) electrons. The molecule has 7 nitrogen and oxygen atoms in total. The molecule has 2 heterocycles. The van der Waals surface area contributed by atoms with E-state index in [9.17, 15) is 14.0 Å². The maximum Gasteiger partial charge on any atom is 0.414 e. The molecular formula is C18H18FN3O4. The average Bonchev–Trinajstić information content (AvgIpc) is 3.02. The van der Waals surface area contributed by atoms with Crippen molar-refractivity contribution in [3.8, 4) is 11.1 Å². The summed E-state index contributed by atoms with van der Waals surface area (Å²) in [5.41, 5.74) is 6.89. The van der Waals surface area contributed by atoms with Crippen LogP contribution in [0, 0.1) is 11.7 Å². The van der Waals surface area contributed by atoms with E-state index in [0.29, 0.717) is 22.5 Å². The van der Waals surface area contributed by atoms with Crippen molar-refractivity contribution >= 4 is 17.7 Å². The van der Waals surface area contributed by atoms with Crippen LogP contribution in [0.2, 0.25) is 0 Å². The molecule has 1 unspecified atom stereocenters. The second-order valence-electron chi connectivity index (χ2n) is 6.08. The Labute approximate surface area is 149 Å². The Morgan fingerprint density at radius 3 is 2.88 bits per heavy atom. The number of anilines is 1. The van der Waals surface area contributed by atoms with E-state index in [2.05, 4.69) is 4.98 Å². The SMILES string of the molecule is C[C@H](C(N)=O)C1CN(c2ccc(-c3ccnc(CO)c3)c(F)c2)C(=O)O1. The fourth-order valence-corrected chi connectivity index (χ4v) is 2.78. The Morgan fingerprint density at radius 1 is 1.46 bits per heavy atom. The Bertz CT molecular complexity index is 858. The first-order chi connectivity index (χ1) is 12.4. The van der Waals surface area contributed by atoms with Gasteiger partial charge in [0, 0.05) is 11.8 Å². The molecule has 0 aliphatic carbocycles. The number of hydrogen-bond donors (Lipinski definition) is 2. The molecule has 26 heavy (non-hydrogen) atoms. The number of amides is 2. The van der Waals surface area contributed by atoms with Crippen molar-refractivity contribution in [3.63, 3.8) is 0 Å². The van der Waals surface area contributed by atoms with Gasteiger partial charge in [-0.3, -0.25) is 14.7 Å². The topological polar surface area (TPSA) is 106 Å². The highest BCUT2D eigenvalue weighted by molar-refractivity contribution is 5.91. The zero-order chi connectivity index (χ0) is 18.8. The van der Waals surface area contributed by atoms with Gasteiger partial charge in [-0.2, -0.15) is 0 Å². The van der Waals surface area contributed by atoms with Crippen LogP contribution in [0.3, 0.4) is 0 Å². The zero-order valence-corrected chi connectivity index (χ0v) is 14.1. The summed E-state index contributed by atoms with van der Waals surface area (Å²) in [7, 11) is 0. The van der Waals surface area contributed by atoms with E-state index in [1.807, 2.05) is 0 Å². The van der Waals surface area contributed by atoms with Crippen LogP contribution in [0.15, 0.2) is 36.5 Å². The van der Waals surface area contributed by atoms with Crippen LogP contribution in [-0.2, 0) is 16.1 Å². The van der Waals surface area contributed by atoms with Crippen molar-refractivity contribution in [3.05, 3.63) is 48.0 Å². The highest BCUT2D eigenvalue weighted by Gasteiger charge is 2.37. The summed E-state index contributed by atoms with van der Waals surface area (Å²) in [6.45, 7) is 1.45. The standard InChI is InChI=1S/C18H18FN3O4/c1-10(17(20)24)16-8-22(18(25)26-16)13-2-3-14(15(19)7-13)11-4-5-21-12(6-11)9-23/h2-7,10,16,23H,8-9H2,1H3,(H2,20,24)/t10-,16?/m0/s1. The van der Waals surface area contributed by atoms with Gasteiger partial charge >= 0.3 is 6.09 Å². The Hall–Kier alpha value is -3.00. The van der Waals surface area contributed by atoms with E-state index in [1.54, 1.807) is 31.2 Å². The van der Waals surface area contributed by atoms with Crippen LogP contribution < -0.4 is 10.6 Å². The van der Waals surface area contributed by atoms with Crippen molar-refractivity contribution in [2.45, 2.75) is 19.6 Å². The third-order valence-electron chi connectivity index (χ3n) is 4.40. The Balaban J connectivity index is 1.86. The van der Waals surface area contributed by atoms with Crippen LogP contribution in [0.4, 0.5) is 14.9 Å². The lowest BCUT2D eigenvalue weighted by molar-refractivity contribution is -0.123. The number of primary amides is 1. The van der Waals surface area contributed by atoms with Gasteiger partial charge in [0.25, 0.3) is 0 Å². The predicted octanol–water partition coefficient (Wildman–Crippen LogP) is 1.83. The largest absolute Gasteiger partial charge is 0.443 e. The number of ether oxygens (including phenoxy) is 1. The normalized spacial score (nSPS) is 17.9. The van der Waals surface area contributed by atoms with Gasteiger partial charge < -0.3 is 15.6 Å². The lowest BCUT2D eigenvalue weighted by atomic mass is 10.0. The number of halogens is 1. The molecule has 1 saturated heterocycles. The van der Waals surface area contributed by atoms with Crippen molar-refractivity contribution in [2.24, 2.45) is 11.7 Å². The Kier molecular flexibility index (Phi) is 4.85. The minimum Gasteiger partial charge on any atom is -0.443 e. The molecule has 0 spiro atoms. The van der Waals surface area contributed by atoms with Crippen molar-refractivity contribution in [2.75, 3.05) is 11.4 Å². The van der Waals surface area contributed by atoms with Crippen LogP contribution in [0.25, 0.3) is 11.1 Å². The molecule has 136 valence electrons. The summed E-state index contributed by atoms with van der Waals surface area (Å²) in [5, 5.41) is 9.16.